The smallest absolute Gasteiger partial charge is 0.0455 e. The first kappa shape index (κ1) is 14.2. The fourth-order valence-corrected chi connectivity index (χ4v) is 2.44. The van der Waals surface area contributed by atoms with Crippen LogP contribution in [0.15, 0.2) is 97.2 Å². The highest BCUT2D eigenvalue weighted by Crippen LogP contribution is 2.27. The van der Waals surface area contributed by atoms with Gasteiger partial charge in [0.15, 0.2) is 0 Å². The zero-order valence-corrected chi connectivity index (χ0v) is 12.7. The molecule has 0 amide bonds. The molecule has 0 aliphatic carbocycles. The highest BCUT2D eigenvalue weighted by atomic mass is 15.1. The summed E-state index contributed by atoms with van der Waals surface area (Å²) in [6.07, 6.45) is 2.19. The van der Waals surface area contributed by atoms with Gasteiger partial charge in [-0.25, -0.2) is 0 Å². The Bertz CT molecular complexity index is 691. The maximum atomic E-state index is 2.22. The van der Waals surface area contributed by atoms with Crippen LogP contribution in [0, 0.1) is 0 Å². The zero-order chi connectivity index (χ0) is 15.2. The zero-order valence-electron chi connectivity index (χ0n) is 12.7. The van der Waals surface area contributed by atoms with Crippen LogP contribution in [-0.2, 0) is 0 Å². The lowest BCUT2D eigenvalue weighted by atomic mass is 10.1. The van der Waals surface area contributed by atoms with Gasteiger partial charge in [-0.2, -0.15) is 0 Å². The number of para-hydroxylation sites is 2. The summed E-state index contributed by atoms with van der Waals surface area (Å²) in [7, 11) is 0. The van der Waals surface area contributed by atoms with Crippen LogP contribution in [0.3, 0.4) is 0 Å². The molecule has 0 aliphatic rings. The van der Waals surface area contributed by atoms with Gasteiger partial charge in [-0.3, -0.25) is 0 Å². The van der Waals surface area contributed by atoms with Crippen molar-refractivity contribution < 1.29 is 0 Å². The molecule has 0 heterocycles. The molecule has 3 aromatic carbocycles. The van der Waals surface area contributed by atoms with E-state index in [9.17, 15) is 0 Å². The molecule has 0 N–H and O–H groups in total. The predicted molar refractivity (Wildman–Crippen MR) is 95.1 cm³/mol. The van der Waals surface area contributed by atoms with Crippen molar-refractivity contribution in [1.82, 2.24) is 0 Å². The van der Waals surface area contributed by atoms with Gasteiger partial charge >= 0.3 is 0 Å². The van der Waals surface area contributed by atoms with E-state index in [1.807, 2.05) is 18.2 Å². The molecule has 0 radical (unpaired) electrons. The SMILES string of the molecule is C/C(=C\N(c1ccccc1)c1ccccc1)c1ccccc1. The van der Waals surface area contributed by atoms with E-state index in [-0.39, 0.29) is 0 Å². The molecule has 0 spiro atoms. The third kappa shape index (κ3) is 3.26. The topological polar surface area (TPSA) is 3.24 Å². The van der Waals surface area contributed by atoms with Crippen LogP contribution >= 0.6 is 0 Å². The van der Waals surface area contributed by atoms with E-state index in [0.717, 1.165) is 11.4 Å². The van der Waals surface area contributed by atoms with E-state index >= 15 is 0 Å². The number of allylic oxidation sites excluding steroid dienone is 1. The minimum absolute atomic E-state index is 1.16. The van der Waals surface area contributed by atoms with Crippen LogP contribution in [0.1, 0.15) is 12.5 Å². The van der Waals surface area contributed by atoms with Crippen molar-refractivity contribution in [2.24, 2.45) is 0 Å². The van der Waals surface area contributed by atoms with Crippen LogP contribution < -0.4 is 4.90 Å². The fourth-order valence-electron chi connectivity index (χ4n) is 2.44. The van der Waals surface area contributed by atoms with Gasteiger partial charge in [0.05, 0.1) is 0 Å². The number of hydrogen-bond acceptors (Lipinski definition) is 1. The van der Waals surface area contributed by atoms with E-state index in [2.05, 4.69) is 90.8 Å². The van der Waals surface area contributed by atoms with Crippen molar-refractivity contribution >= 4 is 16.9 Å². The number of hydrogen-bond donors (Lipinski definition) is 0. The molecule has 0 saturated carbocycles. The number of benzene rings is 3. The quantitative estimate of drug-likeness (QED) is 0.578. The Morgan fingerprint density at radius 2 is 1.05 bits per heavy atom. The average Bonchev–Trinajstić information content (AvgIpc) is 2.62. The molecule has 1 heteroatoms. The maximum absolute atomic E-state index is 2.22. The fraction of sp³-hybridized carbons (Fsp3) is 0.0476. The van der Waals surface area contributed by atoms with Gasteiger partial charge in [-0.05, 0) is 42.3 Å². The predicted octanol–water partition coefficient (Wildman–Crippen LogP) is 5.89. The van der Waals surface area contributed by atoms with Gasteiger partial charge in [0.25, 0.3) is 0 Å². The van der Waals surface area contributed by atoms with Crippen LogP contribution in [-0.4, -0.2) is 0 Å². The van der Waals surface area contributed by atoms with Crippen LogP contribution in [0.4, 0.5) is 11.4 Å². The van der Waals surface area contributed by atoms with Gasteiger partial charge < -0.3 is 4.90 Å². The van der Waals surface area contributed by atoms with Crippen molar-refractivity contribution in [2.45, 2.75) is 6.92 Å². The summed E-state index contributed by atoms with van der Waals surface area (Å²) in [5.41, 5.74) is 4.78. The van der Waals surface area contributed by atoms with E-state index in [0.29, 0.717) is 0 Å². The van der Waals surface area contributed by atoms with Crippen LogP contribution in [0.25, 0.3) is 5.57 Å². The minimum atomic E-state index is 1.16. The lowest BCUT2D eigenvalue weighted by Crippen LogP contribution is -2.09. The minimum Gasteiger partial charge on any atom is -0.317 e. The van der Waals surface area contributed by atoms with Gasteiger partial charge in [0.1, 0.15) is 0 Å². The molecule has 0 aliphatic heterocycles. The van der Waals surface area contributed by atoms with E-state index < -0.39 is 0 Å². The lowest BCUT2D eigenvalue weighted by Gasteiger charge is -2.22. The van der Waals surface area contributed by atoms with Crippen molar-refractivity contribution in [3.8, 4) is 0 Å². The van der Waals surface area contributed by atoms with E-state index in [1.165, 1.54) is 11.1 Å². The number of anilines is 2. The lowest BCUT2D eigenvalue weighted by molar-refractivity contribution is 1.28. The largest absolute Gasteiger partial charge is 0.317 e. The second-order valence-corrected chi connectivity index (χ2v) is 5.22. The van der Waals surface area contributed by atoms with Crippen molar-refractivity contribution in [1.29, 1.82) is 0 Å². The molecule has 0 atom stereocenters. The average molecular weight is 285 g/mol. The summed E-state index contributed by atoms with van der Waals surface area (Å²) < 4.78 is 0. The normalized spacial score (nSPS) is 11.2. The summed E-state index contributed by atoms with van der Waals surface area (Å²) in [6.45, 7) is 2.15. The Labute approximate surface area is 132 Å². The molecule has 0 aromatic heterocycles. The molecule has 1 nitrogen and oxygen atoms in total. The Morgan fingerprint density at radius 3 is 1.50 bits per heavy atom. The Hall–Kier alpha value is -2.80. The highest BCUT2D eigenvalue weighted by molar-refractivity contribution is 5.73. The van der Waals surface area contributed by atoms with Gasteiger partial charge in [-0.1, -0.05) is 66.7 Å². The maximum Gasteiger partial charge on any atom is 0.0455 e. The summed E-state index contributed by atoms with van der Waals surface area (Å²) >= 11 is 0. The highest BCUT2D eigenvalue weighted by Gasteiger charge is 2.07. The van der Waals surface area contributed by atoms with Gasteiger partial charge in [0.2, 0.25) is 0 Å². The first-order chi connectivity index (χ1) is 10.8. The summed E-state index contributed by atoms with van der Waals surface area (Å²) in [5, 5.41) is 0. The van der Waals surface area contributed by atoms with Crippen LogP contribution in [0.5, 0.6) is 0 Å². The van der Waals surface area contributed by atoms with Crippen molar-refractivity contribution in [3.63, 3.8) is 0 Å². The molecule has 0 saturated heterocycles. The second-order valence-electron chi connectivity index (χ2n) is 5.22. The summed E-state index contributed by atoms with van der Waals surface area (Å²) in [4.78, 5) is 2.22. The monoisotopic (exact) mass is 285 g/mol. The van der Waals surface area contributed by atoms with Crippen molar-refractivity contribution in [2.75, 3.05) is 4.90 Å². The second kappa shape index (κ2) is 6.77. The molecule has 3 rings (SSSR count). The first-order valence-corrected chi connectivity index (χ1v) is 7.48. The van der Waals surface area contributed by atoms with Gasteiger partial charge in [0, 0.05) is 17.6 Å². The number of nitrogens with zero attached hydrogens (tertiary/aromatic N) is 1. The molecule has 0 fully saturated rings. The molecule has 108 valence electrons. The van der Waals surface area contributed by atoms with E-state index in [1.54, 1.807) is 0 Å². The Kier molecular flexibility index (Phi) is 4.35. The molecule has 22 heavy (non-hydrogen) atoms. The molecule has 0 bridgehead atoms. The van der Waals surface area contributed by atoms with Gasteiger partial charge in [-0.15, -0.1) is 0 Å². The first-order valence-electron chi connectivity index (χ1n) is 7.48. The Morgan fingerprint density at radius 1 is 0.636 bits per heavy atom. The molecular formula is C21H19N. The molecular weight excluding hydrogens is 266 g/mol. The third-order valence-electron chi connectivity index (χ3n) is 3.62. The summed E-state index contributed by atoms with van der Waals surface area (Å²) in [6, 6.07) is 31.3. The Balaban J connectivity index is 2.03. The third-order valence-corrected chi connectivity index (χ3v) is 3.62. The van der Waals surface area contributed by atoms with E-state index in [4.69, 9.17) is 0 Å². The summed E-state index contributed by atoms with van der Waals surface area (Å²) in [5.74, 6) is 0. The standard InChI is InChI=1S/C21H19N/c1-18(19-11-5-2-6-12-19)17-22(20-13-7-3-8-14-20)21-15-9-4-10-16-21/h2-17H,1H3/b18-17+. The molecule has 3 aromatic rings. The number of rotatable bonds is 4. The van der Waals surface area contributed by atoms with Crippen molar-refractivity contribution in [3.05, 3.63) is 103 Å². The van der Waals surface area contributed by atoms with Crippen LogP contribution in [0.2, 0.25) is 0 Å². The molecule has 0 unspecified atom stereocenters.